The number of nitrogens with one attached hydrogen (secondary N) is 3. The van der Waals surface area contributed by atoms with Crippen molar-refractivity contribution in [2.75, 3.05) is 0 Å². The Hall–Kier alpha value is -1.95. The highest BCUT2D eigenvalue weighted by molar-refractivity contribution is 5.26. The Labute approximate surface area is 104 Å². The zero-order valence-corrected chi connectivity index (χ0v) is 9.94. The molecule has 0 saturated heterocycles. The highest BCUT2D eigenvalue weighted by atomic mass is 16.1. The average molecular weight is 245 g/mol. The van der Waals surface area contributed by atoms with E-state index < -0.39 is 0 Å². The molecular formula is C12H15N5O. The Morgan fingerprint density at radius 3 is 3.22 bits per heavy atom. The largest absolute Gasteiger partial charge is 0.326 e. The fraction of sp³-hybridized carbons (Fsp3) is 0.417. The van der Waals surface area contributed by atoms with Crippen molar-refractivity contribution in [3.8, 4) is 0 Å². The number of H-pyrrole nitrogens is 2. The van der Waals surface area contributed by atoms with E-state index in [0.29, 0.717) is 6.54 Å². The molecule has 1 unspecified atom stereocenters. The summed E-state index contributed by atoms with van der Waals surface area (Å²) in [7, 11) is 0. The molecule has 0 amide bonds. The summed E-state index contributed by atoms with van der Waals surface area (Å²) in [6.07, 6.45) is 4.61. The van der Waals surface area contributed by atoms with E-state index in [1.807, 2.05) is 6.07 Å². The highest BCUT2D eigenvalue weighted by Crippen LogP contribution is 2.27. The van der Waals surface area contributed by atoms with Crippen LogP contribution in [0.25, 0.3) is 0 Å². The number of hydrogen-bond donors (Lipinski definition) is 3. The summed E-state index contributed by atoms with van der Waals surface area (Å²) in [5, 5.41) is 10.1. The van der Waals surface area contributed by atoms with Gasteiger partial charge in [0.1, 0.15) is 12.2 Å². The van der Waals surface area contributed by atoms with Crippen molar-refractivity contribution in [1.82, 2.24) is 25.5 Å². The van der Waals surface area contributed by atoms with Crippen LogP contribution >= 0.6 is 0 Å². The maximum Gasteiger partial charge on any atom is 0.248 e. The minimum absolute atomic E-state index is 0.0235. The van der Waals surface area contributed by atoms with Crippen LogP contribution in [0.1, 0.15) is 36.0 Å². The monoisotopic (exact) mass is 245 g/mol. The third-order valence-corrected chi connectivity index (χ3v) is 3.31. The molecule has 3 N–H and O–H groups in total. The van der Waals surface area contributed by atoms with Gasteiger partial charge in [-0.1, -0.05) is 6.07 Å². The molecule has 3 rings (SSSR count). The molecule has 1 atom stereocenters. The first-order valence-corrected chi connectivity index (χ1v) is 6.12. The SMILES string of the molecule is O=c1ccc2c([nH]1)CCCC2NCc1ncn[nH]1. The Morgan fingerprint density at radius 2 is 2.39 bits per heavy atom. The predicted molar refractivity (Wildman–Crippen MR) is 66.0 cm³/mol. The zero-order valence-electron chi connectivity index (χ0n) is 9.94. The first-order chi connectivity index (χ1) is 8.83. The maximum absolute atomic E-state index is 11.3. The van der Waals surface area contributed by atoms with Gasteiger partial charge in [-0.3, -0.25) is 9.89 Å². The van der Waals surface area contributed by atoms with E-state index in [9.17, 15) is 4.79 Å². The third-order valence-electron chi connectivity index (χ3n) is 3.31. The van der Waals surface area contributed by atoms with Gasteiger partial charge in [-0.2, -0.15) is 5.10 Å². The van der Waals surface area contributed by atoms with Crippen LogP contribution in [-0.2, 0) is 13.0 Å². The van der Waals surface area contributed by atoms with Crippen LogP contribution in [0.2, 0.25) is 0 Å². The molecule has 6 nitrogen and oxygen atoms in total. The second-order valence-corrected chi connectivity index (χ2v) is 4.51. The summed E-state index contributed by atoms with van der Waals surface area (Å²) in [6.45, 7) is 0.656. The fourth-order valence-corrected chi connectivity index (χ4v) is 2.45. The number of rotatable bonds is 3. The molecule has 2 aromatic heterocycles. The summed E-state index contributed by atoms with van der Waals surface area (Å²) < 4.78 is 0. The molecule has 0 aromatic carbocycles. The average Bonchev–Trinajstić information content (AvgIpc) is 2.89. The van der Waals surface area contributed by atoms with Crippen molar-refractivity contribution in [3.63, 3.8) is 0 Å². The molecule has 0 radical (unpaired) electrons. The number of aryl methyl sites for hydroxylation is 1. The van der Waals surface area contributed by atoms with Crippen LogP contribution in [0, 0.1) is 0 Å². The van der Waals surface area contributed by atoms with E-state index in [-0.39, 0.29) is 11.6 Å². The lowest BCUT2D eigenvalue weighted by atomic mass is 9.91. The van der Waals surface area contributed by atoms with Crippen molar-refractivity contribution in [3.05, 3.63) is 45.9 Å². The van der Waals surface area contributed by atoms with Crippen molar-refractivity contribution in [2.45, 2.75) is 31.8 Å². The summed E-state index contributed by atoms with van der Waals surface area (Å²) >= 11 is 0. The van der Waals surface area contributed by atoms with E-state index in [1.165, 1.54) is 11.9 Å². The highest BCUT2D eigenvalue weighted by Gasteiger charge is 2.20. The molecule has 6 heteroatoms. The second-order valence-electron chi connectivity index (χ2n) is 4.51. The lowest BCUT2D eigenvalue weighted by Crippen LogP contribution is -2.27. The summed E-state index contributed by atoms with van der Waals surface area (Å²) in [6, 6.07) is 3.79. The van der Waals surface area contributed by atoms with E-state index in [4.69, 9.17) is 0 Å². The normalized spacial score (nSPS) is 18.6. The van der Waals surface area contributed by atoms with Crippen molar-refractivity contribution in [1.29, 1.82) is 0 Å². The fourth-order valence-electron chi connectivity index (χ4n) is 2.45. The van der Waals surface area contributed by atoms with Crippen molar-refractivity contribution >= 4 is 0 Å². The minimum atomic E-state index is -0.0235. The minimum Gasteiger partial charge on any atom is -0.326 e. The Bertz CT molecular complexity index is 574. The number of aromatic amines is 2. The van der Waals surface area contributed by atoms with Gasteiger partial charge in [-0.05, 0) is 24.8 Å². The van der Waals surface area contributed by atoms with Gasteiger partial charge in [-0.15, -0.1) is 0 Å². The third kappa shape index (κ3) is 2.19. The molecule has 0 spiro atoms. The maximum atomic E-state index is 11.3. The standard InChI is InChI=1S/C12H15N5O/c18-12-5-4-8-9(2-1-3-10(8)16-12)13-6-11-14-7-15-17-11/h4-5,7,9,13H,1-3,6H2,(H,16,18)(H,14,15,17). The quantitative estimate of drug-likeness (QED) is 0.741. The Kier molecular flexibility index (Phi) is 2.93. The van der Waals surface area contributed by atoms with Gasteiger partial charge in [0.2, 0.25) is 5.56 Å². The first kappa shape index (κ1) is 11.2. The van der Waals surface area contributed by atoms with Gasteiger partial charge in [0, 0.05) is 17.8 Å². The smallest absolute Gasteiger partial charge is 0.248 e. The summed E-state index contributed by atoms with van der Waals surface area (Å²) in [5.74, 6) is 0.826. The molecule has 0 aliphatic heterocycles. The van der Waals surface area contributed by atoms with Crippen LogP contribution in [-0.4, -0.2) is 20.2 Å². The molecule has 1 aliphatic rings. The Morgan fingerprint density at radius 1 is 1.44 bits per heavy atom. The van der Waals surface area contributed by atoms with Gasteiger partial charge in [0.15, 0.2) is 0 Å². The lowest BCUT2D eigenvalue weighted by Gasteiger charge is -2.25. The number of hydrogen-bond acceptors (Lipinski definition) is 4. The molecule has 94 valence electrons. The van der Waals surface area contributed by atoms with Crippen LogP contribution in [0.15, 0.2) is 23.3 Å². The molecule has 0 fully saturated rings. The second kappa shape index (κ2) is 4.73. The Balaban J connectivity index is 1.77. The molecule has 1 aliphatic carbocycles. The van der Waals surface area contributed by atoms with Gasteiger partial charge < -0.3 is 10.3 Å². The van der Waals surface area contributed by atoms with Gasteiger partial charge >= 0.3 is 0 Å². The molecule has 0 saturated carbocycles. The van der Waals surface area contributed by atoms with Gasteiger partial charge in [0.25, 0.3) is 0 Å². The lowest BCUT2D eigenvalue weighted by molar-refractivity contribution is 0.448. The number of aromatic nitrogens is 4. The van der Waals surface area contributed by atoms with Crippen LogP contribution in [0.5, 0.6) is 0 Å². The molecule has 18 heavy (non-hydrogen) atoms. The number of pyridine rings is 1. The number of fused-ring (bicyclic) bond motifs is 1. The van der Waals surface area contributed by atoms with Crippen LogP contribution < -0.4 is 10.9 Å². The van der Waals surface area contributed by atoms with E-state index in [1.54, 1.807) is 6.07 Å². The topological polar surface area (TPSA) is 86.5 Å². The van der Waals surface area contributed by atoms with Gasteiger partial charge in [-0.25, -0.2) is 4.98 Å². The summed E-state index contributed by atoms with van der Waals surface area (Å²) in [4.78, 5) is 18.3. The van der Waals surface area contributed by atoms with E-state index >= 15 is 0 Å². The summed E-state index contributed by atoms with van der Waals surface area (Å²) in [5.41, 5.74) is 2.23. The molecule has 0 bridgehead atoms. The van der Waals surface area contributed by atoms with E-state index in [0.717, 1.165) is 30.8 Å². The first-order valence-electron chi connectivity index (χ1n) is 6.12. The zero-order chi connectivity index (χ0) is 12.4. The predicted octanol–water partition coefficient (Wildman–Crippen LogP) is 0.660. The molecule has 2 heterocycles. The number of nitrogens with zero attached hydrogens (tertiary/aromatic N) is 2. The van der Waals surface area contributed by atoms with Gasteiger partial charge in [0.05, 0.1) is 6.54 Å². The van der Waals surface area contributed by atoms with E-state index in [2.05, 4.69) is 25.5 Å². The van der Waals surface area contributed by atoms with Crippen LogP contribution in [0.3, 0.4) is 0 Å². The molecule has 2 aromatic rings. The van der Waals surface area contributed by atoms with Crippen molar-refractivity contribution < 1.29 is 0 Å². The molecular weight excluding hydrogens is 230 g/mol. The van der Waals surface area contributed by atoms with Crippen LogP contribution in [0.4, 0.5) is 0 Å². The van der Waals surface area contributed by atoms with Crippen molar-refractivity contribution in [2.24, 2.45) is 0 Å².